The molecular formula is C35H41N3O4. The number of nitrogens with zero attached hydrogens (tertiary/aromatic N) is 1. The van der Waals surface area contributed by atoms with E-state index in [1.165, 1.54) is 0 Å². The number of rotatable bonds is 12. The molecule has 0 radical (unpaired) electrons. The molecule has 0 heterocycles. The number of hydrogen-bond acceptors (Lipinski definition) is 4. The fraction of sp³-hybridized carbons (Fsp3) is 0.343. The molecule has 3 aromatic rings. The summed E-state index contributed by atoms with van der Waals surface area (Å²) < 4.78 is 5.50. The van der Waals surface area contributed by atoms with Crippen LogP contribution in [0.2, 0.25) is 0 Å². The minimum Gasteiger partial charge on any atom is -0.444 e. The molecule has 3 aromatic carbocycles. The second-order valence-corrected chi connectivity index (χ2v) is 11.1. The van der Waals surface area contributed by atoms with Crippen molar-refractivity contribution >= 4 is 17.9 Å². The summed E-state index contributed by atoms with van der Waals surface area (Å²) in [4.78, 5) is 42.8. The van der Waals surface area contributed by atoms with Gasteiger partial charge in [0.15, 0.2) is 0 Å². The number of nitrogens with one attached hydrogen (secondary N) is 2. The highest BCUT2D eigenvalue weighted by Crippen LogP contribution is 2.25. The second kappa shape index (κ2) is 15.4. The molecule has 3 rings (SSSR count). The topological polar surface area (TPSA) is 87.7 Å². The van der Waals surface area contributed by atoms with Crippen molar-refractivity contribution in [2.75, 3.05) is 6.54 Å². The third-order valence-corrected chi connectivity index (χ3v) is 6.57. The Kier molecular flexibility index (Phi) is 11.7. The molecule has 2 N–H and O–H groups in total. The van der Waals surface area contributed by atoms with E-state index in [1.54, 1.807) is 49.9 Å². The molecule has 0 aliphatic heterocycles. The Hall–Kier alpha value is -4.57. The molecular weight excluding hydrogens is 526 g/mol. The fourth-order valence-corrected chi connectivity index (χ4v) is 4.51. The second-order valence-electron chi connectivity index (χ2n) is 11.1. The number of terminal acetylenes is 1. The molecule has 0 spiro atoms. The molecule has 0 fully saturated rings. The van der Waals surface area contributed by atoms with E-state index in [-0.39, 0.29) is 18.2 Å². The molecule has 2 unspecified atom stereocenters. The van der Waals surface area contributed by atoms with Gasteiger partial charge in [0.2, 0.25) is 11.8 Å². The predicted octanol–water partition coefficient (Wildman–Crippen LogP) is 5.79. The first-order valence-electron chi connectivity index (χ1n) is 14.3. The summed E-state index contributed by atoms with van der Waals surface area (Å²) in [5, 5.41) is 5.80. The van der Waals surface area contributed by atoms with Gasteiger partial charge in [-0.15, -0.1) is 6.42 Å². The van der Waals surface area contributed by atoms with Crippen LogP contribution in [0.4, 0.5) is 4.79 Å². The van der Waals surface area contributed by atoms with Crippen LogP contribution in [0.1, 0.15) is 68.8 Å². The number of hydrogen-bond donors (Lipinski definition) is 2. The van der Waals surface area contributed by atoms with Crippen molar-refractivity contribution in [3.8, 4) is 12.3 Å². The first kappa shape index (κ1) is 32.0. The highest BCUT2D eigenvalue weighted by atomic mass is 16.6. The van der Waals surface area contributed by atoms with Gasteiger partial charge in [0.25, 0.3) is 0 Å². The Morgan fingerprint density at radius 1 is 0.905 bits per heavy atom. The Balaban J connectivity index is 2.01. The van der Waals surface area contributed by atoms with Crippen molar-refractivity contribution in [3.05, 3.63) is 107 Å². The van der Waals surface area contributed by atoms with E-state index in [9.17, 15) is 14.4 Å². The largest absolute Gasteiger partial charge is 0.444 e. The van der Waals surface area contributed by atoms with Crippen LogP contribution in [0.15, 0.2) is 84.9 Å². The molecule has 0 aliphatic carbocycles. The van der Waals surface area contributed by atoms with Gasteiger partial charge in [-0.05, 0) is 56.0 Å². The van der Waals surface area contributed by atoms with Gasteiger partial charge in [-0.1, -0.05) is 92.1 Å². The van der Waals surface area contributed by atoms with Gasteiger partial charge < -0.3 is 20.3 Å². The van der Waals surface area contributed by atoms with Crippen LogP contribution in [-0.4, -0.2) is 41.0 Å². The van der Waals surface area contributed by atoms with E-state index in [1.807, 2.05) is 67.6 Å². The molecule has 3 amide bonds. The molecule has 7 nitrogen and oxygen atoms in total. The van der Waals surface area contributed by atoms with Crippen LogP contribution in [0.3, 0.4) is 0 Å². The van der Waals surface area contributed by atoms with Gasteiger partial charge in [-0.25, -0.2) is 4.79 Å². The SMILES string of the molecule is C#Cc1ccc(C(C(=O)NCc2ccccc2)N(CCCC)C(=O)C(Cc2ccccc2)NC(=O)OC(C)(C)C)cc1. The Labute approximate surface area is 249 Å². The monoisotopic (exact) mass is 567 g/mol. The van der Waals surface area contributed by atoms with Gasteiger partial charge >= 0.3 is 6.09 Å². The first-order valence-corrected chi connectivity index (χ1v) is 14.3. The molecule has 7 heteroatoms. The zero-order chi connectivity index (χ0) is 30.5. The van der Waals surface area contributed by atoms with Crippen LogP contribution in [0.5, 0.6) is 0 Å². The van der Waals surface area contributed by atoms with E-state index in [4.69, 9.17) is 11.2 Å². The zero-order valence-electron chi connectivity index (χ0n) is 24.9. The Bertz CT molecular complexity index is 1340. The number of benzene rings is 3. The molecule has 42 heavy (non-hydrogen) atoms. The van der Waals surface area contributed by atoms with Crippen LogP contribution in [-0.2, 0) is 27.3 Å². The average Bonchev–Trinajstić information content (AvgIpc) is 2.97. The van der Waals surface area contributed by atoms with Gasteiger partial charge in [-0.3, -0.25) is 9.59 Å². The molecule has 2 atom stereocenters. The molecule has 0 saturated carbocycles. The maximum absolute atomic E-state index is 14.4. The van der Waals surface area contributed by atoms with E-state index >= 15 is 0 Å². The maximum atomic E-state index is 14.4. The summed E-state index contributed by atoms with van der Waals surface area (Å²) >= 11 is 0. The molecule has 0 saturated heterocycles. The minimum absolute atomic E-state index is 0.232. The number of alkyl carbamates (subject to hydrolysis) is 1. The van der Waals surface area contributed by atoms with Crippen LogP contribution in [0.25, 0.3) is 0 Å². The van der Waals surface area contributed by atoms with Crippen LogP contribution >= 0.6 is 0 Å². The lowest BCUT2D eigenvalue weighted by Crippen LogP contribution is -2.54. The Morgan fingerprint density at radius 2 is 1.50 bits per heavy atom. The zero-order valence-corrected chi connectivity index (χ0v) is 24.9. The maximum Gasteiger partial charge on any atom is 0.408 e. The van der Waals surface area contributed by atoms with E-state index < -0.39 is 23.8 Å². The summed E-state index contributed by atoms with van der Waals surface area (Å²) in [6, 6.07) is 24.2. The average molecular weight is 568 g/mol. The van der Waals surface area contributed by atoms with Crippen LogP contribution < -0.4 is 10.6 Å². The van der Waals surface area contributed by atoms with Gasteiger partial charge in [0.05, 0.1) is 0 Å². The standard InChI is InChI=1S/C35H41N3O4/c1-6-8-23-38(33(40)30(24-27-15-11-9-12-16-27)37-34(41)42-35(3,4)5)31(29-21-19-26(7-2)20-22-29)32(39)36-25-28-17-13-10-14-18-28/h2,9-22,30-31H,6,8,23-25H2,1,3-5H3,(H,36,39)(H,37,41). The predicted molar refractivity (Wildman–Crippen MR) is 165 cm³/mol. The summed E-state index contributed by atoms with van der Waals surface area (Å²) in [6.07, 6.45) is 6.59. The van der Waals surface area contributed by atoms with E-state index in [0.717, 1.165) is 17.5 Å². The lowest BCUT2D eigenvalue weighted by Gasteiger charge is -2.34. The summed E-state index contributed by atoms with van der Waals surface area (Å²) in [5.41, 5.74) is 2.35. The highest BCUT2D eigenvalue weighted by molar-refractivity contribution is 5.92. The number of amides is 3. The normalized spacial score (nSPS) is 12.4. The lowest BCUT2D eigenvalue weighted by molar-refractivity contribution is -0.142. The summed E-state index contributed by atoms with van der Waals surface area (Å²) in [6.45, 7) is 7.94. The summed E-state index contributed by atoms with van der Waals surface area (Å²) in [5.74, 6) is 1.90. The fourth-order valence-electron chi connectivity index (χ4n) is 4.51. The van der Waals surface area contributed by atoms with E-state index in [2.05, 4.69) is 16.6 Å². The van der Waals surface area contributed by atoms with Crippen molar-refractivity contribution < 1.29 is 19.1 Å². The summed E-state index contributed by atoms with van der Waals surface area (Å²) in [7, 11) is 0. The third kappa shape index (κ3) is 9.81. The highest BCUT2D eigenvalue weighted by Gasteiger charge is 2.36. The van der Waals surface area contributed by atoms with Crippen molar-refractivity contribution in [2.45, 2.75) is 71.2 Å². The molecule has 0 bridgehead atoms. The number of carbonyl (C=O) groups is 3. The smallest absolute Gasteiger partial charge is 0.408 e. The minimum atomic E-state index is -0.964. The quantitative estimate of drug-likeness (QED) is 0.271. The van der Waals surface area contributed by atoms with Gasteiger partial charge in [-0.2, -0.15) is 0 Å². The van der Waals surface area contributed by atoms with Crippen molar-refractivity contribution in [1.29, 1.82) is 0 Å². The third-order valence-electron chi connectivity index (χ3n) is 6.57. The lowest BCUT2D eigenvalue weighted by atomic mass is 9.99. The van der Waals surface area contributed by atoms with E-state index in [0.29, 0.717) is 30.6 Å². The van der Waals surface area contributed by atoms with Crippen molar-refractivity contribution in [3.63, 3.8) is 0 Å². The van der Waals surface area contributed by atoms with Crippen LogP contribution in [0, 0.1) is 12.3 Å². The Morgan fingerprint density at radius 3 is 2.05 bits per heavy atom. The van der Waals surface area contributed by atoms with Gasteiger partial charge in [0.1, 0.15) is 17.7 Å². The van der Waals surface area contributed by atoms with Crippen molar-refractivity contribution in [1.82, 2.24) is 15.5 Å². The molecule has 0 aliphatic rings. The molecule has 0 aromatic heterocycles. The number of carbonyl (C=O) groups excluding carboxylic acids is 3. The van der Waals surface area contributed by atoms with Gasteiger partial charge in [0, 0.05) is 25.1 Å². The number of unbranched alkanes of at least 4 members (excludes halogenated alkanes) is 1. The van der Waals surface area contributed by atoms with Crippen molar-refractivity contribution in [2.24, 2.45) is 0 Å². The number of ether oxygens (including phenoxy) is 1. The first-order chi connectivity index (χ1) is 20.1. The molecule has 220 valence electrons.